The van der Waals surface area contributed by atoms with Crippen LogP contribution in [-0.4, -0.2) is 65.3 Å². The van der Waals surface area contributed by atoms with Crippen molar-refractivity contribution >= 4 is 44.6 Å². The zero-order valence-electron chi connectivity index (χ0n) is 22.9. The lowest BCUT2D eigenvalue weighted by Gasteiger charge is -2.11. The van der Waals surface area contributed by atoms with Gasteiger partial charge in [0.05, 0.1) is 28.8 Å². The number of anilines is 3. The van der Waals surface area contributed by atoms with Crippen LogP contribution in [0.15, 0.2) is 90.2 Å². The van der Waals surface area contributed by atoms with Gasteiger partial charge in [0, 0.05) is 34.9 Å². The van der Waals surface area contributed by atoms with Crippen molar-refractivity contribution in [3.8, 4) is 11.3 Å². The number of carbonyl (C=O) groups is 1. The zero-order chi connectivity index (χ0) is 29.4. The second-order valence-corrected chi connectivity index (χ2v) is 11.1. The van der Waals surface area contributed by atoms with Gasteiger partial charge in [-0.25, -0.2) is 18.4 Å². The van der Waals surface area contributed by atoms with Crippen LogP contribution in [0.3, 0.4) is 0 Å². The molecular weight excluding hydrogens is 542 g/mol. The molecule has 12 heteroatoms. The van der Waals surface area contributed by atoms with E-state index >= 15 is 0 Å². The molecule has 0 fully saturated rings. The smallest absolute Gasteiger partial charge is 0.290 e. The number of hydrogen-bond acceptors (Lipinski definition) is 8. The Kier molecular flexibility index (Phi) is 9.27. The lowest BCUT2D eigenvalue weighted by Crippen LogP contribution is -2.18. The van der Waals surface area contributed by atoms with Gasteiger partial charge in [-0.15, -0.1) is 0 Å². The first-order chi connectivity index (χ1) is 19.7. The number of likely N-dealkylation sites (N-methyl/N-ethyl adjacent to an activating group) is 1. The largest absolute Gasteiger partial charge is 0.483 e. The number of fused-ring (bicyclic) bond motifs is 1. The topological polar surface area (TPSA) is 142 Å². The molecule has 0 unspecified atom stereocenters. The van der Waals surface area contributed by atoms with Crippen molar-refractivity contribution < 1.29 is 18.3 Å². The summed E-state index contributed by atoms with van der Waals surface area (Å²) in [7, 11) is 0.438. The molecule has 0 amide bonds. The van der Waals surface area contributed by atoms with E-state index in [1.165, 1.54) is 6.33 Å². The van der Waals surface area contributed by atoms with Crippen molar-refractivity contribution in [3.05, 3.63) is 90.9 Å². The Morgan fingerprint density at radius 2 is 1.63 bits per heavy atom. The first-order valence-corrected chi connectivity index (χ1v) is 14.1. The quantitative estimate of drug-likeness (QED) is 0.216. The molecule has 5 aromatic rings. The minimum atomic E-state index is -3.66. The van der Waals surface area contributed by atoms with E-state index < -0.39 is 10.0 Å². The Hall–Kier alpha value is -4.81. The maximum atomic E-state index is 12.7. The molecule has 212 valence electrons. The highest BCUT2D eigenvalue weighted by atomic mass is 32.2. The highest BCUT2D eigenvalue weighted by Gasteiger charge is 2.14. The van der Waals surface area contributed by atoms with E-state index in [0.29, 0.717) is 11.5 Å². The summed E-state index contributed by atoms with van der Waals surface area (Å²) in [6, 6.07) is 21.8. The molecule has 0 radical (unpaired) electrons. The molecular formula is C29H31N7O4S. The number of sulfonamides is 1. The fourth-order valence-electron chi connectivity index (χ4n) is 4.00. The maximum absolute atomic E-state index is 12.7. The molecule has 0 aliphatic rings. The van der Waals surface area contributed by atoms with E-state index in [4.69, 9.17) is 9.90 Å². The van der Waals surface area contributed by atoms with Crippen molar-refractivity contribution in [2.24, 2.45) is 0 Å². The first-order valence-electron chi connectivity index (χ1n) is 12.7. The Bertz CT molecular complexity index is 1720. The van der Waals surface area contributed by atoms with Crippen LogP contribution in [-0.2, 0) is 21.4 Å². The molecule has 0 aliphatic heterocycles. The summed E-state index contributed by atoms with van der Waals surface area (Å²) < 4.78 is 29.9. The Balaban J connectivity index is 0.00000124. The van der Waals surface area contributed by atoms with Crippen molar-refractivity contribution in [2.75, 3.05) is 30.7 Å². The molecule has 0 spiro atoms. The monoisotopic (exact) mass is 573 g/mol. The number of nitrogens with one attached hydrogen (secondary N) is 2. The third-order valence-corrected chi connectivity index (χ3v) is 7.50. The fraction of sp³-hybridized carbons (Fsp3) is 0.172. The summed E-state index contributed by atoms with van der Waals surface area (Å²) >= 11 is 0. The third kappa shape index (κ3) is 7.65. The molecule has 5 rings (SSSR count). The summed E-state index contributed by atoms with van der Waals surface area (Å²) in [6.07, 6.45) is 3.40. The fourth-order valence-corrected chi connectivity index (χ4v) is 5.06. The highest BCUT2D eigenvalue weighted by molar-refractivity contribution is 7.92. The summed E-state index contributed by atoms with van der Waals surface area (Å²) in [5, 5.41) is 15.7. The minimum Gasteiger partial charge on any atom is -0.483 e. The Morgan fingerprint density at radius 1 is 0.951 bits per heavy atom. The lowest BCUT2D eigenvalue weighted by atomic mass is 10.1. The normalized spacial score (nSPS) is 11.1. The van der Waals surface area contributed by atoms with E-state index in [9.17, 15) is 8.42 Å². The van der Waals surface area contributed by atoms with Crippen LogP contribution >= 0.6 is 0 Å². The standard InChI is InChI=1S/C28H29N7O2S.CH2O2/c1-20-4-11-25(12-5-20)38(36,37)33-24-9-7-23(8-10-24)32-28-17-26(29-19-30-28)21-6-13-27-22(16-21)18-31-35(27)15-14-34(2)3;2-1-3/h4-13,16-19,33H,14-15H2,1-3H3,(H,29,30,32);1H,(H,2,3). The van der Waals surface area contributed by atoms with Gasteiger partial charge >= 0.3 is 0 Å². The predicted molar refractivity (Wildman–Crippen MR) is 160 cm³/mol. The van der Waals surface area contributed by atoms with Gasteiger partial charge in [0.25, 0.3) is 16.5 Å². The molecule has 2 aromatic heterocycles. The molecule has 3 N–H and O–H groups in total. The molecule has 0 saturated carbocycles. The zero-order valence-corrected chi connectivity index (χ0v) is 23.7. The average Bonchev–Trinajstić information content (AvgIpc) is 3.36. The predicted octanol–water partition coefficient (Wildman–Crippen LogP) is 4.61. The van der Waals surface area contributed by atoms with Crippen LogP contribution in [0.2, 0.25) is 0 Å². The Labute approximate surface area is 238 Å². The summed E-state index contributed by atoms with van der Waals surface area (Å²) in [6.45, 7) is 3.40. The summed E-state index contributed by atoms with van der Waals surface area (Å²) in [5.74, 6) is 0.629. The van der Waals surface area contributed by atoms with Gasteiger partial charge in [0.1, 0.15) is 12.1 Å². The number of aryl methyl sites for hydroxylation is 1. The molecule has 11 nitrogen and oxygen atoms in total. The number of carboxylic acid groups (broad SMARTS) is 1. The van der Waals surface area contributed by atoms with Crippen molar-refractivity contribution in [3.63, 3.8) is 0 Å². The molecule has 0 bridgehead atoms. The lowest BCUT2D eigenvalue weighted by molar-refractivity contribution is -0.122. The maximum Gasteiger partial charge on any atom is 0.290 e. The van der Waals surface area contributed by atoms with Crippen LogP contribution in [0, 0.1) is 6.92 Å². The van der Waals surface area contributed by atoms with Gasteiger partial charge in [0.2, 0.25) is 0 Å². The van der Waals surface area contributed by atoms with Gasteiger partial charge in [-0.3, -0.25) is 14.2 Å². The highest BCUT2D eigenvalue weighted by Crippen LogP contribution is 2.26. The number of benzene rings is 3. The van der Waals surface area contributed by atoms with Gasteiger partial charge in [0.15, 0.2) is 0 Å². The second-order valence-electron chi connectivity index (χ2n) is 9.46. The van der Waals surface area contributed by atoms with Crippen molar-refractivity contribution in [1.29, 1.82) is 0 Å². The van der Waals surface area contributed by atoms with Gasteiger partial charge in [-0.2, -0.15) is 5.10 Å². The van der Waals surface area contributed by atoms with E-state index in [2.05, 4.69) is 42.1 Å². The molecule has 0 atom stereocenters. The van der Waals surface area contributed by atoms with Crippen LogP contribution < -0.4 is 10.0 Å². The van der Waals surface area contributed by atoms with Crippen molar-refractivity contribution in [1.82, 2.24) is 24.6 Å². The van der Waals surface area contributed by atoms with Crippen LogP contribution in [0.1, 0.15) is 5.56 Å². The van der Waals surface area contributed by atoms with Gasteiger partial charge in [-0.1, -0.05) is 23.8 Å². The SMILES string of the molecule is Cc1ccc(S(=O)(=O)Nc2ccc(Nc3cc(-c4ccc5c(cnn5CCN(C)C)c4)ncn3)cc2)cc1.O=CO. The second kappa shape index (κ2) is 13.0. The molecule has 41 heavy (non-hydrogen) atoms. The number of rotatable bonds is 9. The molecule has 0 saturated heterocycles. The van der Waals surface area contributed by atoms with Gasteiger partial charge in [-0.05, 0) is 69.6 Å². The van der Waals surface area contributed by atoms with E-state index in [-0.39, 0.29) is 11.4 Å². The van der Waals surface area contributed by atoms with Crippen LogP contribution in [0.4, 0.5) is 17.2 Å². The first kappa shape index (κ1) is 29.2. The third-order valence-electron chi connectivity index (χ3n) is 6.10. The van der Waals surface area contributed by atoms with E-state index in [0.717, 1.165) is 46.5 Å². The molecule has 3 aromatic carbocycles. The Morgan fingerprint density at radius 3 is 2.32 bits per heavy atom. The average molecular weight is 574 g/mol. The number of aromatic nitrogens is 4. The van der Waals surface area contributed by atoms with Crippen LogP contribution in [0.25, 0.3) is 22.2 Å². The molecule has 0 aliphatic carbocycles. The summed E-state index contributed by atoms with van der Waals surface area (Å²) in [4.78, 5) is 19.5. The van der Waals surface area contributed by atoms with Crippen molar-refractivity contribution in [2.45, 2.75) is 18.4 Å². The van der Waals surface area contributed by atoms with E-state index in [1.807, 2.05) is 44.0 Å². The molecule has 2 heterocycles. The van der Waals surface area contributed by atoms with E-state index in [1.54, 1.807) is 48.5 Å². The number of nitrogens with zero attached hydrogens (tertiary/aromatic N) is 5. The van der Waals surface area contributed by atoms with Crippen LogP contribution in [0.5, 0.6) is 0 Å². The minimum absolute atomic E-state index is 0.220. The number of hydrogen-bond donors (Lipinski definition) is 3. The summed E-state index contributed by atoms with van der Waals surface area (Å²) in [5.41, 5.74) is 5.08. The van der Waals surface area contributed by atoms with Gasteiger partial charge < -0.3 is 15.3 Å².